The third-order valence-electron chi connectivity index (χ3n) is 1.58. The fourth-order valence-corrected chi connectivity index (χ4v) is 0.954. The lowest BCUT2D eigenvalue weighted by atomic mass is 10.1. The number of nitrogens with zero attached hydrogens (tertiary/aromatic N) is 1. The molecule has 1 N–H and O–H groups in total. The highest BCUT2D eigenvalue weighted by molar-refractivity contribution is 7.71. The highest BCUT2D eigenvalue weighted by atomic mass is 32.1. The number of hydrogen-bond acceptors (Lipinski definition) is 2. The van der Waals surface area contributed by atoms with Crippen LogP contribution in [0.15, 0.2) is 18.3 Å². The average molecular weight is 169 g/mol. The Labute approximate surface area is 71.1 Å². The fourth-order valence-electron chi connectivity index (χ4n) is 0.833. The molecule has 0 aliphatic rings. The molecule has 0 radical (unpaired) electrons. The van der Waals surface area contributed by atoms with E-state index in [4.69, 9.17) is 17.4 Å². The van der Waals surface area contributed by atoms with Gasteiger partial charge < -0.3 is 5.21 Å². The zero-order valence-corrected chi connectivity index (χ0v) is 7.43. The van der Waals surface area contributed by atoms with E-state index < -0.39 is 0 Å². The van der Waals surface area contributed by atoms with E-state index >= 15 is 0 Å². The second-order valence-electron chi connectivity index (χ2n) is 2.80. The first-order chi connectivity index (χ1) is 5.11. The minimum absolute atomic E-state index is 0.420. The molecule has 11 heavy (non-hydrogen) atoms. The maximum Gasteiger partial charge on any atom is 0.142 e. The molecule has 0 aromatic carbocycles. The van der Waals surface area contributed by atoms with Gasteiger partial charge in [0.25, 0.3) is 0 Å². The minimum atomic E-state index is 0.420. The van der Waals surface area contributed by atoms with Gasteiger partial charge >= 0.3 is 0 Å². The van der Waals surface area contributed by atoms with Crippen LogP contribution in [0.25, 0.3) is 0 Å². The number of hydrogen-bond donors (Lipinski definition) is 1. The van der Waals surface area contributed by atoms with Crippen LogP contribution in [-0.2, 0) is 0 Å². The maximum absolute atomic E-state index is 9.16. The molecule has 0 bridgehead atoms. The first-order valence-corrected chi connectivity index (χ1v) is 3.94. The Kier molecular flexibility index (Phi) is 2.29. The largest absolute Gasteiger partial charge is 0.428 e. The van der Waals surface area contributed by atoms with Gasteiger partial charge in [-0.25, -0.2) is 0 Å². The van der Waals surface area contributed by atoms with E-state index in [0.29, 0.717) is 10.6 Å². The summed E-state index contributed by atoms with van der Waals surface area (Å²) in [5.74, 6) is 0.420. The van der Waals surface area contributed by atoms with Crippen molar-refractivity contribution in [2.45, 2.75) is 19.8 Å². The van der Waals surface area contributed by atoms with Crippen LogP contribution in [0.1, 0.15) is 25.3 Å². The van der Waals surface area contributed by atoms with Crippen molar-refractivity contribution in [2.24, 2.45) is 0 Å². The summed E-state index contributed by atoms with van der Waals surface area (Å²) in [6.07, 6.45) is 1.65. The van der Waals surface area contributed by atoms with Gasteiger partial charge in [0.1, 0.15) is 4.64 Å². The lowest BCUT2D eigenvalue weighted by molar-refractivity contribution is 0.179. The fraction of sp³-hybridized carbons (Fsp3) is 0.375. The molecule has 60 valence electrons. The summed E-state index contributed by atoms with van der Waals surface area (Å²) in [5.41, 5.74) is 1.08. The number of aromatic nitrogens is 1. The SMILES string of the molecule is CC(C)c1ccc(=S)n(O)c1. The van der Waals surface area contributed by atoms with Crippen LogP contribution in [-0.4, -0.2) is 9.94 Å². The number of rotatable bonds is 1. The molecule has 3 heteroatoms. The van der Waals surface area contributed by atoms with Gasteiger partial charge in [-0.05, 0) is 17.5 Å². The molecule has 0 amide bonds. The molecule has 0 fully saturated rings. The molecule has 0 spiro atoms. The van der Waals surface area contributed by atoms with E-state index in [1.165, 1.54) is 0 Å². The average Bonchev–Trinajstić information content (AvgIpc) is 1.94. The summed E-state index contributed by atoms with van der Waals surface area (Å²) in [6, 6.07) is 3.66. The molecule has 0 aliphatic carbocycles. The lowest BCUT2D eigenvalue weighted by Gasteiger charge is -2.05. The Balaban J connectivity index is 3.15. The normalized spacial score (nSPS) is 10.5. The van der Waals surface area contributed by atoms with Gasteiger partial charge in [0.05, 0.1) is 0 Å². The molecule has 2 nitrogen and oxygen atoms in total. The summed E-state index contributed by atoms with van der Waals surface area (Å²) >= 11 is 4.81. The van der Waals surface area contributed by atoms with Crippen LogP contribution in [0.4, 0.5) is 0 Å². The van der Waals surface area contributed by atoms with Crippen molar-refractivity contribution < 1.29 is 5.21 Å². The summed E-state index contributed by atoms with van der Waals surface area (Å²) < 4.78 is 1.42. The lowest BCUT2D eigenvalue weighted by Crippen LogP contribution is -1.97. The molecule has 0 saturated carbocycles. The van der Waals surface area contributed by atoms with E-state index in [0.717, 1.165) is 10.3 Å². The Bertz CT molecular complexity index is 303. The van der Waals surface area contributed by atoms with E-state index in [1.54, 1.807) is 12.3 Å². The second-order valence-corrected chi connectivity index (χ2v) is 3.22. The first-order valence-electron chi connectivity index (χ1n) is 3.53. The smallest absolute Gasteiger partial charge is 0.142 e. The predicted octanol–water partition coefficient (Wildman–Crippen LogP) is 2.58. The van der Waals surface area contributed by atoms with Crippen molar-refractivity contribution >= 4 is 12.2 Å². The van der Waals surface area contributed by atoms with E-state index in [2.05, 4.69) is 13.8 Å². The van der Waals surface area contributed by atoms with Gasteiger partial charge in [-0.1, -0.05) is 32.1 Å². The highest BCUT2D eigenvalue weighted by Crippen LogP contribution is 2.12. The van der Waals surface area contributed by atoms with E-state index in [9.17, 15) is 0 Å². The molecule has 0 aliphatic heterocycles. The van der Waals surface area contributed by atoms with Gasteiger partial charge in [0, 0.05) is 6.20 Å². The maximum atomic E-state index is 9.16. The summed E-state index contributed by atoms with van der Waals surface area (Å²) in [7, 11) is 0. The van der Waals surface area contributed by atoms with Crippen LogP contribution in [0.5, 0.6) is 0 Å². The molecule has 0 unspecified atom stereocenters. The summed E-state index contributed by atoms with van der Waals surface area (Å²) in [4.78, 5) is 0. The monoisotopic (exact) mass is 169 g/mol. The van der Waals surface area contributed by atoms with Gasteiger partial charge in [0.2, 0.25) is 0 Å². The van der Waals surface area contributed by atoms with Crippen molar-refractivity contribution in [1.82, 2.24) is 4.73 Å². The van der Waals surface area contributed by atoms with Crippen LogP contribution in [0, 0.1) is 4.64 Å². The van der Waals surface area contributed by atoms with Gasteiger partial charge in [0.15, 0.2) is 0 Å². The quantitative estimate of drug-likeness (QED) is 0.516. The Hall–Kier alpha value is -0.830. The zero-order valence-electron chi connectivity index (χ0n) is 6.61. The molecule has 0 atom stereocenters. The highest BCUT2D eigenvalue weighted by Gasteiger charge is 1.98. The molecule has 1 rings (SSSR count). The minimum Gasteiger partial charge on any atom is -0.428 e. The topological polar surface area (TPSA) is 25.2 Å². The molecule has 1 heterocycles. The molecule has 1 aromatic heterocycles. The van der Waals surface area contributed by atoms with Gasteiger partial charge in [-0.3, -0.25) is 0 Å². The molecular weight excluding hydrogens is 158 g/mol. The Morgan fingerprint density at radius 2 is 2.09 bits per heavy atom. The van der Waals surface area contributed by atoms with Gasteiger partial charge in [-0.15, -0.1) is 0 Å². The zero-order chi connectivity index (χ0) is 8.43. The van der Waals surface area contributed by atoms with E-state index in [-0.39, 0.29) is 0 Å². The predicted molar refractivity (Wildman–Crippen MR) is 46.5 cm³/mol. The van der Waals surface area contributed by atoms with Crippen molar-refractivity contribution in [2.75, 3.05) is 0 Å². The van der Waals surface area contributed by atoms with Crippen molar-refractivity contribution in [3.05, 3.63) is 28.5 Å². The molecule has 0 saturated heterocycles. The van der Waals surface area contributed by atoms with Gasteiger partial charge in [-0.2, -0.15) is 4.73 Å². The van der Waals surface area contributed by atoms with Crippen molar-refractivity contribution in [3.63, 3.8) is 0 Å². The number of pyridine rings is 1. The van der Waals surface area contributed by atoms with Crippen LogP contribution < -0.4 is 0 Å². The first kappa shape index (κ1) is 8.27. The second kappa shape index (κ2) is 3.05. The van der Waals surface area contributed by atoms with Crippen LogP contribution in [0.2, 0.25) is 0 Å². The summed E-state index contributed by atoms with van der Waals surface area (Å²) in [5, 5.41) is 9.16. The van der Waals surface area contributed by atoms with Crippen LogP contribution in [0.3, 0.4) is 0 Å². The standard InChI is InChI=1S/C8H11NOS/c1-6(2)7-3-4-8(11)9(10)5-7/h3-6,10H,1-2H3. The van der Waals surface area contributed by atoms with E-state index in [1.807, 2.05) is 6.07 Å². The van der Waals surface area contributed by atoms with Crippen molar-refractivity contribution in [3.8, 4) is 0 Å². The Morgan fingerprint density at radius 1 is 1.45 bits per heavy atom. The van der Waals surface area contributed by atoms with Crippen LogP contribution >= 0.6 is 12.2 Å². The Morgan fingerprint density at radius 3 is 2.55 bits per heavy atom. The third-order valence-corrected chi connectivity index (χ3v) is 1.91. The third kappa shape index (κ3) is 1.80. The van der Waals surface area contributed by atoms with Crippen molar-refractivity contribution in [1.29, 1.82) is 0 Å². The molecule has 1 aromatic rings. The molecular formula is C8H11NOS. The summed E-state index contributed by atoms with van der Waals surface area (Å²) in [6.45, 7) is 4.14.